The fourth-order valence-corrected chi connectivity index (χ4v) is 4.31. The third-order valence-corrected chi connectivity index (χ3v) is 5.73. The summed E-state index contributed by atoms with van der Waals surface area (Å²) in [6, 6.07) is 6.57. The Bertz CT molecular complexity index is 759. The van der Waals surface area contributed by atoms with Crippen molar-refractivity contribution in [2.75, 3.05) is 25.2 Å². The number of hydrogen-bond donors (Lipinski definition) is 0. The molecule has 6 nitrogen and oxygen atoms in total. The quantitative estimate of drug-likeness (QED) is 0.579. The standard InChI is InChI=1S/C16H18ClNO5S/c1-18(14-7-8-24(21,22)11-14)15(19)10-23-16(20)6-5-12-3-2-4-13(17)9-12/h2-6,9,14H,7-8,10-11H2,1H3. The van der Waals surface area contributed by atoms with E-state index in [9.17, 15) is 18.0 Å². The molecular formula is C16H18ClNO5S. The van der Waals surface area contributed by atoms with Gasteiger partial charge in [0.05, 0.1) is 11.5 Å². The largest absolute Gasteiger partial charge is 0.452 e. The minimum atomic E-state index is -3.07. The van der Waals surface area contributed by atoms with Crippen LogP contribution in [0.2, 0.25) is 5.02 Å². The molecule has 1 saturated heterocycles. The normalized spacial score (nSPS) is 19.3. The summed E-state index contributed by atoms with van der Waals surface area (Å²) in [5, 5.41) is 0.550. The van der Waals surface area contributed by atoms with Crippen LogP contribution in [0.3, 0.4) is 0 Å². The Morgan fingerprint density at radius 1 is 1.42 bits per heavy atom. The topological polar surface area (TPSA) is 80.8 Å². The van der Waals surface area contributed by atoms with Crippen molar-refractivity contribution in [3.63, 3.8) is 0 Å². The summed E-state index contributed by atoms with van der Waals surface area (Å²) >= 11 is 5.84. The first-order chi connectivity index (χ1) is 11.3. The van der Waals surface area contributed by atoms with Crippen molar-refractivity contribution in [1.82, 2.24) is 4.90 Å². The molecule has 0 aromatic heterocycles. The van der Waals surface area contributed by atoms with Crippen molar-refractivity contribution in [3.05, 3.63) is 40.9 Å². The highest BCUT2D eigenvalue weighted by Crippen LogP contribution is 2.16. The zero-order valence-electron chi connectivity index (χ0n) is 13.1. The van der Waals surface area contributed by atoms with Gasteiger partial charge in [-0.15, -0.1) is 0 Å². The Kier molecular flexibility index (Phi) is 6.01. The number of carbonyl (C=O) groups is 2. The zero-order chi connectivity index (χ0) is 17.7. The average Bonchev–Trinajstić information content (AvgIpc) is 2.90. The monoisotopic (exact) mass is 371 g/mol. The third-order valence-electron chi connectivity index (χ3n) is 3.75. The highest BCUT2D eigenvalue weighted by molar-refractivity contribution is 7.91. The third kappa shape index (κ3) is 5.35. The first-order valence-corrected chi connectivity index (χ1v) is 9.53. The predicted octanol–water partition coefficient (Wildman–Crippen LogP) is 1.54. The molecule has 0 radical (unpaired) electrons. The first kappa shape index (κ1) is 18.5. The molecule has 0 saturated carbocycles. The molecule has 1 aliphatic rings. The van der Waals surface area contributed by atoms with Gasteiger partial charge >= 0.3 is 5.97 Å². The van der Waals surface area contributed by atoms with Gasteiger partial charge in [0.2, 0.25) is 0 Å². The molecule has 0 bridgehead atoms. The van der Waals surface area contributed by atoms with Gasteiger partial charge in [0.15, 0.2) is 16.4 Å². The van der Waals surface area contributed by atoms with Gasteiger partial charge in [0, 0.05) is 24.2 Å². The molecule has 1 unspecified atom stereocenters. The Morgan fingerprint density at radius 3 is 2.79 bits per heavy atom. The van der Waals surface area contributed by atoms with E-state index < -0.39 is 28.3 Å². The van der Waals surface area contributed by atoms with Crippen LogP contribution in [0.15, 0.2) is 30.3 Å². The van der Waals surface area contributed by atoms with Crippen LogP contribution in [0.5, 0.6) is 0 Å². The first-order valence-electron chi connectivity index (χ1n) is 7.33. The van der Waals surface area contributed by atoms with Gasteiger partial charge < -0.3 is 9.64 Å². The fraction of sp³-hybridized carbons (Fsp3) is 0.375. The summed E-state index contributed by atoms with van der Waals surface area (Å²) < 4.78 is 27.8. The van der Waals surface area contributed by atoms with Gasteiger partial charge in [0.25, 0.3) is 5.91 Å². The van der Waals surface area contributed by atoms with E-state index in [0.29, 0.717) is 11.4 Å². The van der Waals surface area contributed by atoms with E-state index in [-0.39, 0.29) is 17.5 Å². The van der Waals surface area contributed by atoms with E-state index in [1.54, 1.807) is 24.3 Å². The lowest BCUT2D eigenvalue weighted by molar-refractivity contribution is -0.148. The number of sulfone groups is 1. The molecule has 8 heteroatoms. The molecule has 1 heterocycles. The van der Waals surface area contributed by atoms with Crippen LogP contribution in [-0.4, -0.2) is 56.4 Å². The molecule has 0 spiro atoms. The van der Waals surface area contributed by atoms with Crippen molar-refractivity contribution in [2.45, 2.75) is 12.5 Å². The van der Waals surface area contributed by atoms with E-state index in [1.165, 1.54) is 24.1 Å². The van der Waals surface area contributed by atoms with Crippen LogP contribution in [0, 0.1) is 0 Å². The zero-order valence-corrected chi connectivity index (χ0v) is 14.7. The molecule has 1 amide bonds. The summed E-state index contributed by atoms with van der Waals surface area (Å²) in [5.74, 6) is -1.05. The number of nitrogens with zero attached hydrogens (tertiary/aromatic N) is 1. The van der Waals surface area contributed by atoms with E-state index in [4.69, 9.17) is 16.3 Å². The maximum atomic E-state index is 12.0. The molecular weight excluding hydrogens is 354 g/mol. The molecule has 24 heavy (non-hydrogen) atoms. The summed E-state index contributed by atoms with van der Waals surface area (Å²) in [7, 11) is -1.55. The van der Waals surface area contributed by atoms with E-state index >= 15 is 0 Å². The Morgan fingerprint density at radius 2 is 2.17 bits per heavy atom. The van der Waals surface area contributed by atoms with Gasteiger partial charge in [-0.05, 0) is 30.2 Å². The lowest BCUT2D eigenvalue weighted by Gasteiger charge is -2.22. The van der Waals surface area contributed by atoms with Crippen LogP contribution in [0.1, 0.15) is 12.0 Å². The minimum absolute atomic E-state index is 0.0438. The number of benzene rings is 1. The predicted molar refractivity (Wildman–Crippen MR) is 91.3 cm³/mol. The highest BCUT2D eigenvalue weighted by atomic mass is 35.5. The lowest BCUT2D eigenvalue weighted by atomic mass is 10.2. The number of rotatable bonds is 5. The van der Waals surface area contributed by atoms with Gasteiger partial charge in [-0.1, -0.05) is 23.7 Å². The van der Waals surface area contributed by atoms with Crippen molar-refractivity contribution < 1.29 is 22.7 Å². The molecule has 2 rings (SSSR count). The van der Waals surface area contributed by atoms with E-state index in [0.717, 1.165) is 5.56 Å². The maximum Gasteiger partial charge on any atom is 0.331 e. The van der Waals surface area contributed by atoms with Gasteiger partial charge in [-0.2, -0.15) is 0 Å². The average molecular weight is 372 g/mol. The number of likely N-dealkylation sites (N-methyl/N-ethyl adjacent to an activating group) is 1. The molecule has 1 aromatic rings. The van der Waals surface area contributed by atoms with E-state index in [1.807, 2.05) is 0 Å². The highest BCUT2D eigenvalue weighted by Gasteiger charge is 2.32. The molecule has 1 atom stereocenters. The van der Waals surface area contributed by atoms with Gasteiger partial charge in [-0.25, -0.2) is 13.2 Å². The second kappa shape index (κ2) is 7.81. The molecule has 1 aliphatic heterocycles. The second-order valence-electron chi connectivity index (χ2n) is 5.56. The van der Waals surface area contributed by atoms with Crippen molar-refractivity contribution in [2.24, 2.45) is 0 Å². The Balaban J connectivity index is 1.82. The van der Waals surface area contributed by atoms with Crippen LogP contribution < -0.4 is 0 Å². The van der Waals surface area contributed by atoms with Gasteiger partial charge in [0.1, 0.15) is 0 Å². The van der Waals surface area contributed by atoms with Crippen molar-refractivity contribution in [3.8, 4) is 0 Å². The van der Waals surface area contributed by atoms with Crippen LogP contribution in [-0.2, 0) is 24.2 Å². The van der Waals surface area contributed by atoms with Crippen molar-refractivity contribution >= 4 is 39.4 Å². The number of carbonyl (C=O) groups excluding carboxylic acids is 2. The molecule has 0 N–H and O–H groups in total. The summed E-state index contributed by atoms with van der Waals surface area (Å²) in [6.45, 7) is -0.425. The maximum absolute atomic E-state index is 12.0. The van der Waals surface area contributed by atoms with Crippen LogP contribution in [0.4, 0.5) is 0 Å². The second-order valence-corrected chi connectivity index (χ2v) is 8.22. The van der Waals surface area contributed by atoms with Crippen molar-refractivity contribution in [1.29, 1.82) is 0 Å². The number of hydrogen-bond acceptors (Lipinski definition) is 5. The molecule has 1 fully saturated rings. The van der Waals surface area contributed by atoms with Crippen LogP contribution in [0.25, 0.3) is 6.08 Å². The Labute approximate surface area is 146 Å². The number of ether oxygens (including phenoxy) is 1. The summed E-state index contributed by atoms with van der Waals surface area (Å²) in [5.41, 5.74) is 0.735. The van der Waals surface area contributed by atoms with E-state index in [2.05, 4.69) is 0 Å². The Hall–Kier alpha value is -1.86. The molecule has 0 aliphatic carbocycles. The van der Waals surface area contributed by atoms with Gasteiger partial charge in [-0.3, -0.25) is 4.79 Å². The fourth-order valence-electron chi connectivity index (χ4n) is 2.34. The molecule has 1 aromatic carbocycles. The molecule has 130 valence electrons. The number of esters is 1. The smallest absolute Gasteiger partial charge is 0.331 e. The summed E-state index contributed by atoms with van der Waals surface area (Å²) in [4.78, 5) is 25.0. The lowest BCUT2D eigenvalue weighted by Crippen LogP contribution is -2.40. The summed E-state index contributed by atoms with van der Waals surface area (Å²) in [6.07, 6.45) is 3.15. The number of amides is 1. The SMILES string of the molecule is CN(C(=O)COC(=O)C=Cc1cccc(Cl)c1)C1CCS(=O)(=O)C1. The number of halogens is 1. The minimum Gasteiger partial charge on any atom is -0.452 e. The van der Waals surface area contributed by atoms with Crippen LogP contribution >= 0.6 is 11.6 Å².